The van der Waals surface area contributed by atoms with Gasteiger partial charge in [-0.15, -0.1) is 12.4 Å². The minimum Gasteiger partial charge on any atom is -0.449 e. The maximum Gasteiger partial charge on any atom is 0.407 e. The molecular formula is C12H14ClF2NO2. The van der Waals surface area contributed by atoms with Gasteiger partial charge in [0.2, 0.25) is 0 Å². The van der Waals surface area contributed by atoms with Gasteiger partial charge >= 0.3 is 6.09 Å². The molecule has 0 radical (unpaired) electrons. The number of halogens is 3. The predicted octanol–water partition coefficient (Wildman–Crippen LogP) is 3.19. The van der Waals surface area contributed by atoms with Gasteiger partial charge in [0, 0.05) is 5.41 Å². The first kappa shape index (κ1) is 14.7. The number of alkyl carbamates (subject to hydrolysis) is 1. The molecule has 1 fully saturated rings. The van der Waals surface area contributed by atoms with Gasteiger partial charge in [0.05, 0.1) is 6.04 Å². The second-order valence-corrected chi connectivity index (χ2v) is 4.82. The second kappa shape index (κ2) is 5.10. The van der Waals surface area contributed by atoms with Crippen molar-refractivity contribution in [3.8, 4) is 0 Å². The standard InChI is InChI=1S/C12H13F2NO2.ClH/c1-12(2)6-17-11(16)15-10(12)7-3-4-8(13)9(14)5-7;/h3-5,10H,6H2,1-2H3,(H,15,16);1H/t10-;/m0./s1. The molecule has 18 heavy (non-hydrogen) atoms. The summed E-state index contributed by atoms with van der Waals surface area (Å²) in [6.45, 7) is 4.01. The van der Waals surface area contributed by atoms with E-state index in [-0.39, 0.29) is 30.5 Å². The van der Waals surface area contributed by atoms with Gasteiger partial charge in [-0.25, -0.2) is 13.6 Å². The Morgan fingerprint density at radius 1 is 1.33 bits per heavy atom. The zero-order chi connectivity index (χ0) is 12.6. The molecule has 0 saturated carbocycles. The SMILES string of the molecule is CC1(C)COC(=O)N[C@H]1c1ccc(F)c(F)c1.Cl. The van der Waals surface area contributed by atoms with E-state index < -0.39 is 17.7 Å². The van der Waals surface area contributed by atoms with E-state index in [1.807, 2.05) is 13.8 Å². The Bertz CT molecular complexity index is 465. The molecule has 1 heterocycles. The first-order valence-electron chi connectivity index (χ1n) is 5.28. The summed E-state index contributed by atoms with van der Waals surface area (Å²) < 4.78 is 30.9. The van der Waals surface area contributed by atoms with Gasteiger partial charge in [0.25, 0.3) is 0 Å². The molecule has 1 aliphatic heterocycles. The minimum atomic E-state index is -0.918. The average molecular weight is 278 g/mol. The second-order valence-electron chi connectivity index (χ2n) is 4.82. The lowest BCUT2D eigenvalue weighted by atomic mass is 9.80. The summed E-state index contributed by atoms with van der Waals surface area (Å²) in [4.78, 5) is 11.2. The van der Waals surface area contributed by atoms with Gasteiger partial charge in [0.1, 0.15) is 6.61 Å². The van der Waals surface area contributed by atoms with Crippen LogP contribution >= 0.6 is 12.4 Å². The fraction of sp³-hybridized carbons (Fsp3) is 0.417. The summed E-state index contributed by atoms with van der Waals surface area (Å²) in [6, 6.07) is 3.24. The Labute approximate surface area is 110 Å². The van der Waals surface area contributed by atoms with Crippen LogP contribution in [0, 0.1) is 17.0 Å². The third-order valence-electron chi connectivity index (χ3n) is 2.90. The average Bonchev–Trinajstić information content (AvgIpc) is 2.26. The fourth-order valence-corrected chi connectivity index (χ4v) is 1.92. The van der Waals surface area contributed by atoms with Crippen molar-refractivity contribution in [2.24, 2.45) is 5.41 Å². The monoisotopic (exact) mass is 277 g/mol. The highest BCUT2D eigenvalue weighted by Gasteiger charge is 2.38. The summed E-state index contributed by atoms with van der Waals surface area (Å²) >= 11 is 0. The van der Waals surface area contributed by atoms with Crippen molar-refractivity contribution in [3.05, 3.63) is 35.4 Å². The molecule has 0 unspecified atom stereocenters. The number of hydrogen-bond acceptors (Lipinski definition) is 2. The largest absolute Gasteiger partial charge is 0.449 e. The van der Waals surface area contributed by atoms with Crippen molar-refractivity contribution in [1.29, 1.82) is 0 Å². The van der Waals surface area contributed by atoms with Crippen LogP contribution in [0.3, 0.4) is 0 Å². The summed E-state index contributed by atoms with van der Waals surface area (Å²) in [5.74, 6) is -1.82. The van der Waals surface area contributed by atoms with Crippen LogP contribution in [0.5, 0.6) is 0 Å². The van der Waals surface area contributed by atoms with Crippen LogP contribution < -0.4 is 5.32 Å². The van der Waals surface area contributed by atoms with Crippen LogP contribution in [0.15, 0.2) is 18.2 Å². The highest BCUT2D eigenvalue weighted by Crippen LogP contribution is 2.36. The van der Waals surface area contributed by atoms with E-state index in [4.69, 9.17) is 4.74 Å². The normalized spacial score (nSPS) is 21.6. The van der Waals surface area contributed by atoms with E-state index in [1.54, 1.807) is 0 Å². The third-order valence-corrected chi connectivity index (χ3v) is 2.90. The number of hydrogen-bond donors (Lipinski definition) is 1. The van der Waals surface area contributed by atoms with E-state index in [2.05, 4.69) is 5.32 Å². The summed E-state index contributed by atoms with van der Waals surface area (Å²) in [7, 11) is 0. The van der Waals surface area contributed by atoms with Crippen molar-refractivity contribution < 1.29 is 18.3 Å². The molecule has 1 aromatic rings. The van der Waals surface area contributed by atoms with Crippen LogP contribution in [-0.4, -0.2) is 12.7 Å². The van der Waals surface area contributed by atoms with Crippen molar-refractivity contribution in [1.82, 2.24) is 5.32 Å². The Balaban J connectivity index is 0.00000162. The van der Waals surface area contributed by atoms with Gasteiger partial charge in [0.15, 0.2) is 11.6 Å². The van der Waals surface area contributed by atoms with Gasteiger partial charge in [-0.1, -0.05) is 19.9 Å². The number of amides is 1. The first-order valence-corrected chi connectivity index (χ1v) is 5.28. The molecule has 0 spiro atoms. The maximum atomic E-state index is 13.2. The zero-order valence-electron chi connectivity index (χ0n) is 10.00. The highest BCUT2D eigenvalue weighted by molar-refractivity contribution is 5.85. The minimum absolute atomic E-state index is 0. The Hall–Kier alpha value is -1.36. The molecule has 1 amide bonds. The molecule has 2 rings (SSSR count). The van der Waals surface area contributed by atoms with E-state index in [0.717, 1.165) is 12.1 Å². The summed E-state index contributed by atoms with van der Waals surface area (Å²) in [5.41, 5.74) is 0.156. The maximum absolute atomic E-state index is 13.2. The zero-order valence-corrected chi connectivity index (χ0v) is 10.8. The Kier molecular flexibility index (Phi) is 4.16. The molecule has 1 N–H and O–H groups in total. The molecule has 6 heteroatoms. The van der Waals surface area contributed by atoms with Crippen LogP contribution in [0.1, 0.15) is 25.5 Å². The topological polar surface area (TPSA) is 38.3 Å². The van der Waals surface area contributed by atoms with Gasteiger partial charge in [-0.05, 0) is 17.7 Å². The lowest BCUT2D eigenvalue weighted by Crippen LogP contribution is -2.46. The number of nitrogens with one attached hydrogen (secondary N) is 1. The summed E-state index contributed by atoms with van der Waals surface area (Å²) in [5, 5.41) is 2.62. The van der Waals surface area contributed by atoms with E-state index in [1.165, 1.54) is 6.07 Å². The Morgan fingerprint density at radius 3 is 2.61 bits per heavy atom. The van der Waals surface area contributed by atoms with Crippen molar-refractivity contribution in [3.63, 3.8) is 0 Å². The number of carbonyl (C=O) groups is 1. The van der Waals surface area contributed by atoms with Gasteiger partial charge in [-0.2, -0.15) is 0 Å². The third kappa shape index (κ3) is 2.72. The molecule has 1 aliphatic rings. The first-order chi connectivity index (χ1) is 7.90. The quantitative estimate of drug-likeness (QED) is 0.856. The predicted molar refractivity (Wildman–Crippen MR) is 64.6 cm³/mol. The Morgan fingerprint density at radius 2 is 2.00 bits per heavy atom. The smallest absolute Gasteiger partial charge is 0.407 e. The number of cyclic esters (lactones) is 1. The molecule has 1 atom stereocenters. The molecular weight excluding hydrogens is 264 g/mol. The number of carbonyl (C=O) groups excluding carboxylic acids is 1. The molecule has 1 aromatic carbocycles. The lowest BCUT2D eigenvalue weighted by molar-refractivity contribution is 0.0386. The van der Waals surface area contributed by atoms with Crippen LogP contribution in [0.25, 0.3) is 0 Å². The molecule has 100 valence electrons. The number of ether oxygens (including phenoxy) is 1. The molecule has 0 bridgehead atoms. The van der Waals surface area contributed by atoms with Crippen LogP contribution in [0.4, 0.5) is 13.6 Å². The lowest BCUT2D eigenvalue weighted by Gasteiger charge is -2.38. The van der Waals surface area contributed by atoms with Crippen molar-refractivity contribution in [2.75, 3.05) is 6.61 Å². The molecule has 0 aromatic heterocycles. The fourth-order valence-electron chi connectivity index (χ4n) is 1.92. The van der Waals surface area contributed by atoms with E-state index in [0.29, 0.717) is 5.56 Å². The van der Waals surface area contributed by atoms with Crippen molar-refractivity contribution in [2.45, 2.75) is 19.9 Å². The van der Waals surface area contributed by atoms with Gasteiger partial charge in [-0.3, -0.25) is 0 Å². The number of benzene rings is 1. The van der Waals surface area contributed by atoms with E-state index >= 15 is 0 Å². The van der Waals surface area contributed by atoms with Gasteiger partial charge < -0.3 is 10.1 Å². The molecule has 0 aliphatic carbocycles. The van der Waals surface area contributed by atoms with Crippen molar-refractivity contribution >= 4 is 18.5 Å². The van der Waals surface area contributed by atoms with Crippen LogP contribution in [-0.2, 0) is 4.74 Å². The molecule has 1 saturated heterocycles. The van der Waals surface area contributed by atoms with Crippen LogP contribution in [0.2, 0.25) is 0 Å². The highest BCUT2D eigenvalue weighted by atomic mass is 35.5. The molecule has 3 nitrogen and oxygen atoms in total. The summed E-state index contributed by atoms with van der Waals surface area (Å²) in [6.07, 6.45) is -0.543. The van der Waals surface area contributed by atoms with E-state index in [9.17, 15) is 13.6 Å². The number of rotatable bonds is 1.